The Labute approximate surface area is 157 Å². The maximum atomic E-state index is 6.02. The van der Waals surface area contributed by atoms with E-state index in [4.69, 9.17) is 16.3 Å². The SMILES string of the molecule is COc1ccc(NC2(c3nnnn3-c3ccc(Cl)cc3)CCCC2)cc1. The van der Waals surface area contributed by atoms with E-state index in [0.29, 0.717) is 5.02 Å². The van der Waals surface area contributed by atoms with Crippen molar-refractivity contribution in [2.24, 2.45) is 0 Å². The number of rotatable bonds is 5. The van der Waals surface area contributed by atoms with Crippen molar-refractivity contribution in [2.75, 3.05) is 12.4 Å². The van der Waals surface area contributed by atoms with Gasteiger partial charge in [-0.25, -0.2) is 0 Å². The number of methoxy groups -OCH3 is 1. The highest BCUT2D eigenvalue weighted by atomic mass is 35.5. The molecule has 1 aromatic heterocycles. The van der Waals surface area contributed by atoms with E-state index in [1.165, 1.54) is 0 Å². The molecule has 0 amide bonds. The van der Waals surface area contributed by atoms with Crippen molar-refractivity contribution in [3.05, 3.63) is 59.4 Å². The number of nitrogens with one attached hydrogen (secondary N) is 1. The Morgan fingerprint density at radius 3 is 2.38 bits per heavy atom. The molecule has 0 atom stereocenters. The summed E-state index contributed by atoms with van der Waals surface area (Å²) in [6.45, 7) is 0. The molecule has 4 rings (SSSR count). The number of hydrogen-bond donors (Lipinski definition) is 1. The highest BCUT2D eigenvalue weighted by Crippen LogP contribution is 2.41. The molecule has 7 heteroatoms. The van der Waals surface area contributed by atoms with Gasteiger partial charge in [-0.1, -0.05) is 24.4 Å². The van der Waals surface area contributed by atoms with Gasteiger partial charge in [-0.2, -0.15) is 4.68 Å². The normalized spacial score (nSPS) is 15.8. The zero-order valence-electron chi connectivity index (χ0n) is 14.5. The molecule has 0 aliphatic heterocycles. The maximum absolute atomic E-state index is 6.02. The highest BCUT2D eigenvalue weighted by molar-refractivity contribution is 6.30. The van der Waals surface area contributed by atoms with E-state index in [1.54, 1.807) is 11.8 Å². The van der Waals surface area contributed by atoms with Crippen LogP contribution >= 0.6 is 11.6 Å². The second-order valence-electron chi connectivity index (χ2n) is 6.53. The molecule has 2 aromatic carbocycles. The van der Waals surface area contributed by atoms with Crippen LogP contribution in [0.25, 0.3) is 5.69 Å². The number of tetrazole rings is 1. The summed E-state index contributed by atoms with van der Waals surface area (Å²) in [7, 11) is 1.67. The van der Waals surface area contributed by atoms with Crippen molar-refractivity contribution >= 4 is 17.3 Å². The molecule has 0 bridgehead atoms. The molecule has 134 valence electrons. The van der Waals surface area contributed by atoms with E-state index < -0.39 is 0 Å². The summed E-state index contributed by atoms with van der Waals surface area (Å²) in [6, 6.07) is 15.5. The van der Waals surface area contributed by atoms with E-state index in [-0.39, 0.29) is 5.54 Å². The smallest absolute Gasteiger partial charge is 0.181 e. The van der Waals surface area contributed by atoms with Gasteiger partial charge in [0.05, 0.1) is 18.3 Å². The van der Waals surface area contributed by atoms with Gasteiger partial charge in [-0.15, -0.1) is 5.10 Å². The molecular formula is C19H20ClN5O. The van der Waals surface area contributed by atoms with E-state index in [2.05, 4.69) is 20.8 Å². The van der Waals surface area contributed by atoms with Gasteiger partial charge in [0.25, 0.3) is 0 Å². The number of nitrogens with zero attached hydrogens (tertiary/aromatic N) is 4. The Kier molecular flexibility index (Phi) is 4.51. The first-order valence-electron chi connectivity index (χ1n) is 8.67. The fraction of sp³-hybridized carbons (Fsp3) is 0.316. The van der Waals surface area contributed by atoms with Gasteiger partial charge < -0.3 is 10.1 Å². The van der Waals surface area contributed by atoms with Gasteiger partial charge in [-0.3, -0.25) is 0 Å². The average Bonchev–Trinajstić information content (AvgIpc) is 3.33. The van der Waals surface area contributed by atoms with Crippen LogP contribution in [0, 0.1) is 0 Å². The minimum atomic E-state index is -0.294. The zero-order chi connectivity index (χ0) is 18.0. The third kappa shape index (κ3) is 3.12. The first-order chi connectivity index (χ1) is 12.7. The highest BCUT2D eigenvalue weighted by Gasteiger charge is 2.40. The van der Waals surface area contributed by atoms with E-state index in [1.807, 2.05) is 48.5 Å². The van der Waals surface area contributed by atoms with Crippen LogP contribution in [0.15, 0.2) is 48.5 Å². The lowest BCUT2D eigenvalue weighted by atomic mass is 9.95. The Bertz CT molecular complexity index is 870. The zero-order valence-corrected chi connectivity index (χ0v) is 15.3. The first-order valence-corrected chi connectivity index (χ1v) is 9.05. The molecule has 26 heavy (non-hydrogen) atoms. The van der Waals surface area contributed by atoms with Crippen molar-refractivity contribution in [3.8, 4) is 11.4 Å². The molecule has 3 aromatic rings. The maximum Gasteiger partial charge on any atom is 0.181 e. The summed E-state index contributed by atoms with van der Waals surface area (Å²) in [5.41, 5.74) is 1.63. The molecular weight excluding hydrogens is 350 g/mol. The number of halogens is 1. The monoisotopic (exact) mass is 369 g/mol. The average molecular weight is 370 g/mol. The Balaban J connectivity index is 1.70. The summed E-state index contributed by atoms with van der Waals surface area (Å²) >= 11 is 6.02. The predicted molar refractivity (Wildman–Crippen MR) is 101 cm³/mol. The van der Waals surface area contributed by atoms with E-state index in [9.17, 15) is 0 Å². The minimum Gasteiger partial charge on any atom is -0.497 e. The molecule has 1 fully saturated rings. The fourth-order valence-electron chi connectivity index (χ4n) is 3.58. The Hall–Kier alpha value is -2.60. The van der Waals surface area contributed by atoms with Crippen LogP contribution in [0.1, 0.15) is 31.5 Å². The number of hydrogen-bond acceptors (Lipinski definition) is 5. The minimum absolute atomic E-state index is 0.294. The van der Waals surface area contributed by atoms with Crippen LogP contribution in [0.4, 0.5) is 5.69 Å². The quantitative estimate of drug-likeness (QED) is 0.730. The summed E-state index contributed by atoms with van der Waals surface area (Å²) in [4.78, 5) is 0. The van der Waals surface area contributed by atoms with Gasteiger partial charge in [-0.05, 0) is 71.8 Å². The molecule has 0 unspecified atom stereocenters. The van der Waals surface area contributed by atoms with Crippen molar-refractivity contribution in [2.45, 2.75) is 31.2 Å². The summed E-state index contributed by atoms with van der Waals surface area (Å²) < 4.78 is 7.05. The lowest BCUT2D eigenvalue weighted by Gasteiger charge is -2.30. The number of anilines is 1. The largest absolute Gasteiger partial charge is 0.497 e. The number of aromatic nitrogens is 4. The standard InChI is InChI=1S/C19H20ClN5O/c1-26-17-10-6-15(7-11-17)21-19(12-2-3-13-19)18-22-23-24-25(18)16-8-4-14(20)5-9-16/h4-11,21H,2-3,12-13H2,1H3. The molecule has 1 N–H and O–H groups in total. The number of benzene rings is 2. The van der Waals surface area contributed by atoms with Gasteiger partial charge in [0.15, 0.2) is 5.82 Å². The summed E-state index contributed by atoms with van der Waals surface area (Å²) in [5, 5.41) is 16.9. The van der Waals surface area contributed by atoms with Crippen molar-refractivity contribution < 1.29 is 4.74 Å². The van der Waals surface area contributed by atoms with E-state index >= 15 is 0 Å². The van der Waals surface area contributed by atoms with Crippen LogP contribution in [0.5, 0.6) is 5.75 Å². The summed E-state index contributed by atoms with van der Waals surface area (Å²) in [5.74, 6) is 1.66. The van der Waals surface area contributed by atoms with Gasteiger partial charge in [0.2, 0.25) is 0 Å². The third-order valence-corrected chi connectivity index (χ3v) is 5.15. The number of ether oxygens (including phenoxy) is 1. The second kappa shape index (κ2) is 6.96. The van der Waals surface area contributed by atoms with Crippen molar-refractivity contribution in [3.63, 3.8) is 0 Å². The molecule has 6 nitrogen and oxygen atoms in total. The van der Waals surface area contributed by atoms with Crippen LogP contribution in [0.3, 0.4) is 0 Å². The Morgan fingerprint density at radius 1 is 1.04 bits per heavy atom. The molecule has 0 radical (unpaired) electrons. The van der Waals surface area contributed by atoms with Crippen LogP contribution in [-0.4, -0.2) is 27.3 Å². The second-order valence-corrected chi connectivity index (χ2v) is 6.97. The van der Waals surface area contributed by atoms with Gasteiger partial charge in [0, 0.05) is 10.7 Å². The van der Waals surface area contributed by atoms with Crippen LogP contribution < -0.4 is 10.1 Å². The van der Waals surface area contributed by atoms with Crippen molar-refractivity contribution in [1.29, 1.82) is 0 Å². The van der Waals surface area contributed by atoms with Crippen LogP contribution in [0.2, 0.25) is 5.02 Å². The topological polar surface area (TPSA) is 64.9 Å². The van der Waals surface area contributed by atoms with Gasteiger partial charge >= 0.3 is 0 Å². The first kappa shape index (κ1) is 16.8. The lowest BCUT2D eigenvalue weighted by molar-refractivity contribution is 0.414. The predicted octanol–water partition coefficient (Wildman–Crippen LogP) is 4.21. The third-order valence-electron chi connectivity index (χ3n) is 4.90. The van der Waals surface area contributed by atoms with Crippen molar-refractivity contribution in [1.82, 2.24) is 20.2 Å². The summed E-state index contributed by atoms with van der Waals surface area (Å²) in [6.07, 6.45) is 4.23. The molecule has 1 saturated carbocycles. The van der Waals surface area contributed by atoms with E-state index in [0.717, 1.165) is 48.6 Å². The fourth-order valence-corrected chi connectivity index (χ4v) is 3.70. The molecule has 1 aliphatic carbocycles. The molecule has 1 aliphatic rings. The van der Waals surface area contributed by atoms with Gasteiger partial charge in [0.1, 0.15) is 5.75 Å². The molecule has 1 heterocycles. The molecule has 0 spiro atoms. The Morgan fingerprint density at radius 2 is 1.73 bits per heavy atom. The lowest BCUT2D eigenvalue weighted by Crippen LogP contribution is -2.35. The molecule has 0 saturated heterocycles. The van der Waals surface area contributed by atoms with Crippen LogP contribution in [-0.2, 0) is 5.54 Å².